The minimum Gasteiger partial charge on any atom is -0.494 e. The Morgan fingerprint density at radius 1 is 1.14 bits per heavy atom. The molecule has 29 heavy (non-hydrogen) atoms. The number of H-pyrrole nitrogens is 2. The molecule has 2 aromatic carbocycles. The van der Waals surface area contributed by atoms with Gasteiger partial charge in [-0.2, -0.15) is 0 Å². The maximum atomic E-state index is 13.9. The van der Waals surface area contributed by atoms with Gasteiger partial charge in [0.25, 0.3) is 5.91 Å². The summed E-state index contributed by atoms with van der Waals surface area (Å²) in [5.41, 5.74) is 2.09. The predicted molar refractivity (Wildman–Crippen MR) is 108 cm³/mol. The Morgan fingerprint density at radius 2 is 1.90 bits per heavy atom. The van der Waals surface area contributed by atoms with Gasteiger partial charge in [0.2, 0.25) is 0 Å². The van der Waals surface area contributed by atoms with Crippen molar-refractivity contribution in [3.8, 4) is 5.75 Å². The number of hydrogen-bond acceptors (Lipinski definition) is 4. The number of hydrogen-bond donors (Lipinski definition) is 2. The Morgan fingerprint density at radius 3 is 2.59 bits per heavy atom. The highest BCUT2D eigenvalue weighted by Gasteiger charge is 2.24. The van der Waals surface area contributed by atoms with Crippen LogP contribution in [-0.4, -0.2) is 59.0 Å². The number of imidazole rings is 1. The van der Waals surface area contributed by atoms with Gasteiger partial charge in [-0.25, -0.2) is 8.78 Å². The third-order valence-electron chi connectivity index (χ3n) is 5.10. The first-order chi connectivity index (χ1) is 13.9. The molecule has 1 aromatic heterocycles. The van der Waals surface area contributed by atoms with Crippen molar-refractivity contribution in [2.75, 3.05) is 33.3 Å². The Bertz CT molecular complexity index is 1120. The van der Waals surface area contributed by atoms with Crippen LogP contribution in [0.4, 0.5) is 8.78 Å². The monoisotopic (exact) mass is 418 g/mol. The molecule has 152 valence electrons. The number of nitrogens with zero attached hydrogens (tertiary/aromatic N) is 2. The van der Waals surface area contributed by atoms with Crippen LogP contribution < -0.4 is 4.74 Å². The van der Waals surface area contributed by atoms with Crippen molar-refractivity contribution in [1.29, 1.82) is 0 Å². The fourth-order valence-corrected chi connectivity index (χ4v) is 3.83. The van der Waals surface area contributed by atoms with E-state index in [9.17, 15) is 13.6 Å². The van der Waals surface area contributed by atoms with E-state index in [0.717, 1.165) is 5.56 Å². The largest absolute Gasteiger partial charge is 0.494 e. The summed E-state index contributed by atoms with van der Waals surface area (Å²) in [7, 11) is 1.43. The number of fused-ring (bicyclic) bond motifs is 1. The fourth-order valence-electron chi connectivity index (χ4n) is 3.62. The van der Waals surface area contributed by atoms with E-state index in [4.69, 9.17) is 17.0 Å². The number of piperazine rings is 1. The van der Waals surface area contributed by atoms with E-state index in [0.29, 0.717) is 48.5 Å². The molecule has 1 aliphatic rings. The molecule has 0 unspecified atom stereocenters. The number of aromatic amines is 2. The highest BCUT2D eigenvalue weighted by Crippen LogP contribution is 2.22. The third-order valence-corrected chi connectivity index (χ3v) is 5.31. The zero-order valence-corrected chi connectivity index (χ0v) is 16.6. The molecule has 0 radical (unpaired) electrons. The highest BCUT2D eigenvalue weighted by molar-refractivity contribution is 7.71. The summed E-state index contributed by atoms with van der Waals surface area (Å²) < 4.78 is 33.1. The number of halogens is 2. The standard InChI is InChI=1S/C20H20F2N4O2S/c1-28-17-3-2-12(8-15(17)22)11-25-4-6-26(7-5-25)19(27)14-9-13(21)10-16-18(14)24-20(29)23-16/h2-3,8-10H,4-7,11H2,1H3,(H2,23,24,29). The average Bonchev–Trinajstić information content (AvgIpc) is 3.07. The fraction of sp³-hybridized carbons (Fsp3) is 0.300. The van der Waals surface area contributed by atoms with Crippen LogP contribution in [0.3, 0.4) is 0 Å². The molecule has 0 aliphatic carbocycles. The summed E-state index contributed by atoms with van der Waals surface area (Å²) in [6, 6.07) is 7.45. The van der Waals surface area contributed by atoms with Gasteiger partial charge in [-0.3, -0.25) is 9.69 Å². The van der Waals surface area contributed by atoms with Gasteiger partial charge in [0, 0.05) is 32.7 Å². The van der Waals surface area contributed by atoms with E-state index in [1.54, 1.807) is 11.0 Å². The topological polar surface area (TPSA) is 64.4 Å². The smallest absolute Gasteiger partial charge is 0.256 e. The normalized spacial score (nSPS) is 15.1. The second-order valence-electron chi connectivity index (χ2n) is 6.99. The molecule has 6 nitrogen and oxygen atoms in total. The van der Waals surface area contributed by atoms with Crippen LogP contribution in [0.5, 0.6) is 5.75 Å². The van der Waals surface area contributed by atoms with Crippen molar-refractivity contribution >= 4 is 29.2 Å². The van der Waals surface area contributed by atoms with Gasteiger partial charge in [0.1, 0.15) is 5.82 Å². The third kappa shape index (κ3) is 4.01. The number of ether oxygens (including phenoxy) is 1. The van der Waals surface area contributed by atoms with Crippen LogP contribution in [0.2, 0.25) is 0 Å². The van der Waals surface area contributed by atoms with Crippen LogP contribution in [0.25, 0.3) is 11.0 Å². The molecule has 0 spiro atoms. The van der Waals surface area contributed by atoms with Gasteiger partial charge >= 0.3 is 0 Å². The number of carbonyl (C=O) groups is 1. The number of nitrogens with one attached hydrogen (secondary N) is 2. The zero-order chi connectivity index (χ0) is 20.5. The maximum Gasteiger partial charge on any atom is 0.256 e. The van der Waals surface area contributed by atoms with Crippen LogP contribution in [0, 0.1) is 16.4 Å². The Balaban J connectivity index is 1.44. The number of rotatable bonds is 4. The molecule has 2 N–H and O–H groups in total. The quantitative estimate of drug-likeness (QED) is 0.637. The molecule has 9 heteroatoms. The number of amides is 1. The van der Waals surface area contributed by atoms with Crippen LogP contribution in [-0.2, 0) is 6.54 Å². The molecule has 1 fully saturated rings. The first-order valence-electron chi connectivity index (χ1n) is 9.20. The van der Waals surface area contributed by atoms with E-state index in [-0.39, 0.29) is 17.2 Å². The van der Waals surface area contributed by atoms with Gasteiger partial charge in [0.15, 0.2) is 16.3 Å². The first kappa shape index (κ1) is 19.5. The van der Waals surface area contributed by atoms with Gasteiger partial charge < -0.3 is 19.6 Å². The second-order valence-corrected chi connectivity index (χ2v) is 7.40. The Kier molecular flexibility index (Phi) is 5.33. The Hall–Kier alpha value is -2.78. The molecule has 1 aliphatic heterocycles. The van der Waals surface area contributed by atoms with E-state index >= 15 is 0 Å². The number of aromatic nitrogens is 2. The lowest BCUT2D eigenvalue weighted by Gasteiger charge is -2.34. The minimum absolute atomic E-state index is 0.217. The lowest BCUT2D eigenvalue weighted by atomic mass is 10.1. The van der Waals surface area contributed by atoms with Crippen molar-refractivity contribution < 1.29 is 18.3 Å². The molecule has 4 rings (SSSR count). The molecule has 1 amide bonds. The highest BCUT2D eigenvalue weighted by atomic mass is 32.1. The number of methoxy groups -OCH3 is 1. The van der Waals surface area contributed by atoms with Gasteiger partial charge in [-0.05, 0) is 42.0 Å². The molecule has 1 saturated heterocycles. The zero-order valence-electron chi connectivity index (χ0n) is 15.8. The SMILES string of the molecule is COc1ccc(CN2CCN(C(=O)c3cc(F)cc4[nH]c(=S)[nH]c34)CC2)cc1F. The lowest BCUT2D eigenvalue weighted by Crippen LogP contribution is -2.48. The average molecular weight is 418 g/mol. The number of benzene rings is 2. The summed E-state index contributed by atoms with van der Waals surface area (Å²) in [6.45, 7) is 2.86. The van der Waals surface area contributed by atoms with Crippen molar-refractivity contribution in [2.24, 2.45) is 0 Å². The van der Waals surface area contributed by atoms with E-state index in [1.807, 2.05) is 6.07 Å². The molecule has 0 atom stereocenters. The Labute approximate surface area is 171 Å². The summed E-state index contributed by atoms with van der Waals surface area (Å²) >= 11 is 5.06. The lowest BCUT2D eigenvalue weighted by molar-refractivity contribution is 0.0629. The van der Waals surface area contributed by atoms with Crippen LogP contribution in [0.15, 0.2) is 30.3 Å². The van der Waals surface area contributed by atoms with E-state index in [1.165, 1.54) is 25.3 Å². The summed E-state index contributed by atoms with van der Waals surface area (Å²) in [4.78, 5) is 22.6. The summed E-state index contributed by atoms with van der Waals surface area (Å²) in [5, 5.41) is 0. The maximum absolute atomic E-state index is 13.9. The molecule has 2 heterocycles. The van der Waals surface area contributed by atoms with Crippen molar-refractivity contribution in [3.63, 3.8) is 0 Å². The van der Waals surface area contributed by atoms with E-state index in [2.05, 4.69) is 14.9 Å². The number of carbonyl (C=O) groups excluding carboxylic acids is 1. The van der Waals surface area contributed by atoms with E-state index < -0.39 is 11.6 Å². The van der Waals surface area contributed by atoms with Gasteiger partial charge in [0.05, 0.1) is 23.7 Å². The summed E-state index contributed by atoms with van der Waals surface area (Å²) in [6.07, 6.45) is 0. The predicted octanol–water partition coefficient (Wildman–Crippen LogP) is 3.47. The first-order valence-corrected chi connectivity index (χ1v) is 9.61. The second kappa shape index (κ2) is 7.92. The van der Waals surface area contributed by atoms with Gasteiger partial charge in [-0.1, -0.05) is 6.07 Å². The van der Waals surface area contributed by atoms with Crippen LogP contribution >= 0.6 is 12.2 Å². The van der Waals surface area contributed by atoms with Crippen molar-refractivity contribution in [3.05, 3.63) is 57.9 Å². The van der Waals surface area contributed by atoms with Crippen molar-refractivity contribution in [1.82, 2.24) is 19.8 Å². The van der Waals surface area contributed by atoms with Crippen molar-refractivity contribution in [2.45, 2.75) is 6.54 Å². The molecular formula is C20H20F2N4O2S. The minimum atomic E-state index is -0.494. The van der Waals surface area contributed by atoms with Crippen LogP contribution in [0.1, 0.15) is 15.9 Å². The molecule has 0 bridgehead atoms. The summed E-state index contributed by atoms with van der Waals surface area (Å²) in [5.74, 6) is -0.909. The van der Waals surface area contributed by atoms with Gasteiger partial charge in [-0.15, -0.1) is 0 Å². The molecular weight excluding hydrogens is 398 g/mol. The molecule has 0 saturated carbocycles. The molecule has 3 aromatic rings.